The molecule has 2 aromatic rings. The lowest BCUT2D eigenvalue weighted by Gasteiger charge is -2.32. The fraction of sp³-hybridized carbons (Fsp3) is 0.500. The van der Waals surface area contributed by atoms with Crippen molar-refractivity contribution in [3.63, 3.8) is 0 Å². The third-order valence-electron chi connectivity index (χ3n) is 3.88. The second-order valence-electron chi connectivity index (χ2n) is 5.19. The van der Waals surface area contributed by atoms with E-state index in [0.717, 1.165) is 30.3 Å². The molecule has 1 heterocycles. The van der Waals surface area contributed by atoms with Crippen molar-refractivity contribution in [3.8, 4) is 0 Å². The van der Waals surface area contributed by atoms with Crippen molar-refractivity contribution in [3.05, 3.63) is 30.6 Å². The summed E-state index contributed by atoms with van der Waals surface area (Å²) >= 11 is 0. The van der Waals surface area contributed by atoms with Crippen molar-refractivity contribution < 1.29 is 5.11 Å². The first-order valence-electron chi connectivity index (χ1n) is 6.35. The Morgan fingerprint density at radius 3 is 3.00 bits per heavy atom. The van der Waals surface area contributed by atoms with Crippen LogP contribution in [0, 0.1) is 5.92 Å². The van der Waals surface area contributed by atoms with Crippen LogP contribution in [0.5, 0.6) is 0 Å². The van der Waals surface area contributed by atoms with E-state index in [1.165, 1.54) is 0 Å². The molecule has 1 N–H and O–H groups in total. The lowest BCUT2D eigenvalue weighted by atomic mass is 9.85. The minimum absolute atomic E-state index is 0.186. The molecule has 1 aromatic carbocycles. The largest absolute Gasteiger partial charge is 0.391 e. The van der Waals surface area contributed by atoms with E-state index in [1.807, 2.05) is 24.5 Å². The summed E-state index contributed by atoms with van der Waals surface area (Å²) in [5.74, 6) is 0.685. The zero-order valence-electron chi connectivity index (χ0n) is 10.1. The molecule has 3 nitrogen and oxygen atoms in total. The molecule has 90 valence electrons. The smallest absolute Gasteiger partial charge is 0.0961 e. The minimum Gasteiger partial charge on any atom is -0.391 e. The number of aromatic nitrogens is 2. The van der Waals surface area contributed by atoms with E-state index in [-0.39, 0.29) is 12.1 Å². The van der Waals surface area contributed by atoms with Crippen molar-refractivity contribution >= 4 is 11.0 Å². The fourth-order valence-electron chi connectivity index (χ4n) is 2.88. The number of imidazole rings is 1. The monoisotopic (exact) mass is 230 g/mol. The van der Waals surface area contributed by atoms with Crippen LogP contribution in [0.15, 0.2) is 30.6 Å². The zero-order chi connectivity index (χ0) is 11.8. The summed E-state index contributed by atoms with van der Waals surface area (Å²) < 4.78 is 2.15. The van der Waals surface area contributed by atoms with Gasteiger partial charge in [-0.05, 0) is 37.3 Å². The Hall–Kier alpha value is -1.35. The summed E-state index contributed by atoms with van der Waals surface area (Å²) in [5.41, 5.74) is 2.14. The lowest BCUT2D eigenvalue weighted by molar-refractivity contribution is 0.0595. The number of hydrogen-bond acceptors (Lipinski definition) is 2. The molecule has 0 radical (unpaired) electrons. The van der Waals surface area contributed by atoms with Crippen LogP contribution in [-0.2, 0) is 0 Å². The molecule has 0 amide bonds. The number of hydrogen-bond donors (Lipinski definition) is 1. The summed E-state index contributed by atoms with van der Waals surface area (Å²) in [4.78, 5) is 4.41. The Morgan fingerprint density at radius 1 is 1.29 bits per heavy atom. The molecule has 0 aliphatic heterocycles. The maximum Gasteiger partial charge on any atom is 0.0961 e. The fourth-order valence-corrected chi connectivity index (χ4v) is 2.88. The van der Waals surface area contributed by atoms with Gasteiger partial charge in [0.1, 0.15) is 0 Å². The van der Waals surface area contributed by atoms with Gasteiger partial charge >= 0.3 is 0 Å². The molecule has 1 fully saturated rings. The molecule has 17 heavy (non-hydrogen) atoms. The molecular weight excluding hydrogens is 212 g/mol. The number of para-hydroxylation sites is 2. The van der Waals surface area contributed by atoms with Gasteiger partial charge < -0.3 is 9.67 Å². The van der Waals surface area contributed by atoms with E-state index in [9.17, 15) is 5.11 Å². The molecular formula is C14H18N2O. The highest BCUT2D eigenvalue weighted by molar-refractivity contribution is 5.75. The van der Waals surface area contributed by atoms with E-state index in [2.05, 4.69) is 22.5 Å². The van der Waals surface area contributed by atoms with Crippen LogP contribution in [0.25, 0.3) is 11.0 Å². The molecule has 3 atom stereocenters. The standard InChI is InChI=1S/C14H18N2O/c1-10-6-7-14(17)13(8-10)16-9-15-11-4-2-3-5-12(11)16/h2-5,9-10,13-14,17H,6-8H2,1H3. The van der Waals surface area contributed by atoms with Crippen LogP contribution in [-0.4, -0.2) is 20.8 Å². The van der Waals surface area contributed by atoms with E-state index in [1.54, 1.807) is 0 Å². The zero-order valence-corrected chi connectivity index (χ0v) is 10.1. The molecule has 1 aromatic heterocycles. The van der Waals surface area contributed by atoms with Crippen LogP contribution >= 0.6 is 0 Å². The van der Waals surface area contributed by atoms with E-state index in [0.29, 0.717) is 5.92 Å². The van der Waals surface area contributed by atoms with Crippen molar-refractivity contribution in [2.24, 2.45) is 5.92 Å². The van der Waals surface area contributed by atoms with E-state index < -0.39 is 0 Å². The Morgan fingerprint density at radius 2 is 2.12 bits per heavy atom. The minimum atomic E-state index is -0.233. The van der Waals surface area contributed by atoms with Crippen LogP contribution in [0.3, 0.4) is 0 Å². The molecule has 0 saturated heterocycles. The first kappa shape index (κ1) is 10.8. The molecule has 3 heteroatoms. The first-order chi connectivity index (χ1) is 8.25. The van der Waals surface area contributed by atoms with Crippen molar-refractivity contribution in [2.45, 2.75) is 38.3 Å². The molecule has 3 unspecified atom stereocenters. The Kier molecular flexibility index (Phi) is 2.63. The third kappa shape index (κ3) is 1.84. The van der Waals surface area contributed by atoms with Gasteiger partial charge in [0, 0.05) is 0 Å². The number of rotatable bonds is 1. The van der Waals surface area contributed by atoms with Crippen molar-refractivity contribution in [2.75, 3.05) is 0 Å². The van der Waals surface area contributed by atoms with Crippen LogP contribution < -0.4 is 0 Å². The van der Waals surface area contributed by atoms with Gasteiger partial charge in [-0.1, -0.05) is 19.1 Å². The number of fused-ring (bicyclic) bond motifs is 1. The predicted octanol–water partition coefficient (Wildman–Crippen LogP) is 2.76. The van der Waals surface area contributed by atoms with Crippen molar-refractivity contribution in [1.82, 2.24) is 9.55 Å². The number of nitrogens with zero attached hydrogens (tertiary/aromatic N) is 2. The highest BCUT2D eigenvalue weighted by Gasteiger charge is 2.29. The van der Waals surface area contributed by atoms with Crippen molar-refractivity contribution in [1.29, 1.82) is 0 Å². The van der Waals surface area contributed by atoms with E-state index >= 15 is 0 Å². The molecule has 1 aliphatic carbocycles. The molecule has 1 saturated carbocycles. The second kappa shape index (κ2) is 4.15. The van der Waals surface area contributed by atoms with Gasteiger partial charge in [0.05, 0.1) is 29.5 Å². The average Bonchev–Trinajstić information content (AvgIpc) is 2.76. The normalized spacial score (nSPS) is 29.6. The van der Waals surface area contributed by atoms with Crippen LogP contribution in [0.4, 0.5) is 0 Å². The van der Waals surface area contributed by atoms with Gasteiger partial charge in [-0.3, -0.25) is 0 Å². The van der Waals surface area contributed by atoms with Gasteiger partial charge in [-0.15, -0.1) is 0 Å². The molecule has 3 rings (SSSR count). The van der Waals surface area contributed by atoms with Crippen LogP contribution in [0.1, 0.15) is 32.2 Å². The predicted molar refractivity (Wildman–Crippen MR) is 67.8 cm³/mol. The number of aliphatic hydroxyl groups excluding tert-OH is 1. The van der Waals surface area contributed by atoms with Gasteiger partial charge in [0.2, 0.25) is 0 Å². The van der Waals surface area contributed by atoms with Gasteiger partial charge in [0.25, 0.3) is 0 Å². The Bertz CT molecular complexity index is 520. The summed E-state index contributed by atoms with van der Waals surface area (Å²) in [6.45, 7) is 2.26. The summed E-state index contributed by atoms with van der Waals surface area (Å²) in [7, 11) is 0. The average molecular weight is 230 g/mol. The van der Waals surface area contributed by atoms with E-state index in [4.69, 9.17) is 0 Å². The molecule has 1 aliphatic rings. The third-order valence-corrected chi connectivity index (χ3v) is 3.88. The summed E-state index contributed by atoms with van der Waals surface area (Å²) in [5, 5.41) is 10.2. The number of aliphatic hydroxyl groups is 1. The van der Waals surface area contributed by atoms with Gasteiger partial charge in [-0.2, -0.15) is 0 Å². The summed E-state index contributed by atoms with van der Waals surface area (Å²) in [6.07, 6.45) is 4.71. The SMILES string of the molecule is CC1CCC(O)C(n2cnc3ccccc32)C1. The summed E-state index contributed by atoms with van der Waals surface area (Å²) in [6, 6.07) is 8.31. The maximum atomic E-state index is 10.2. The molecule has 0 bridgehead atoms. The Balaban J connectivity index is 2.02. The quantitative estimate of drug-likeness (QED) is 0.818. The first-order valence-corrected chi connectivity index (χ1v) is 6.35. The molecule has 0 spiro atoms. The van der Waals surface area contributed by atoms with Crippen LogP contribution in [0.2, 0.25) is 0 Å². The second-order valence-corrected chi connectivity index (χ2v) is 5.19. The topological polar surface area (TPSA) is 38.0 Å². The highest BCUT2D eigenvalue weighted by atomic mass is 16.3. The Labute approximate surface area is 101 Å². The highest BCUT2D eigenvalue weighted by Crippen LogP contribution is 2.34. The van der Waals surface area contributed by atoms with Gasteiger partial charge in [-0.25, -0.2) is 4.98 Å². The maximum absolute atomic E-state index is 10.2. The van der Waals surface area contributed by atoms with Gasteiger partial charge in [0.15, 0.2) is 0 Å². The lowest BCUT2D eigenvalue weighted by Crippen LogP contribution is -2.30. The number of benzene rings is 1.